The molecule has 1 saturated carbocycles. The highest BCUT2D eigenvalue weighted by molar-refractivity contribution is 6.74. The second-order valence-electron chi connectivity index (χ2n) is 9.98. The number of carbonyl (C=O) groups is 1. The molecule has 166 valence electrons. The Kier molecular flexibility index (Phi) is 9.12. The van der Waals surface area contributed by atoms with Crippen LogP contribution in [0, 0.1) is 5.92 Å². The summed E-state index contributed by atoms with van der Waals surface area (Å²) in [6.07, 6.45) is 1.23. The summed E-state index contributed by atoms with van der Waals surface area (Å²) in [7, 11) is -2.32. The lowest BCUT2D eigenvalue weighted by Gasteiger charge is -2.40. The fourth-order valence-electron chi connectivity index (χ4n) is 3.90. The molecule has 1 rings (SSSR count). The minimum atomic E-state index is -2.02. The standard InChI is InChI=1S/C21H44O5Si2/c1-11-28(12-2,13-3)26-19-17(15-22)18(14-21(19,7)24-16-23-8)25-27(9,10)20(4,5)6/h15,17-19H,11-14,16H2,1-10H3/t17-,18-,19-,21-/m1/s1. The average Bonchev–Trinajstić information content (AvgIpc) is 2.87. The summed E-state index contributed by atoms with van der Waals surface area (Å²) in [4.78, 5) is 12.3. The van der Waals surface area contributed by atoms with E-state index in [1.165, 1.54) is 0 Å². The second kappa shape index (κ2) is 9.83. The molecule has 0 unspecified atom stereocenters. The van der Waals surface area contributed by atoms with Gasteiger partial charge in [-0.2, -0.15) is 0 Å². The van der Waals surface area contributed by atoms with E-state index in [9.17, 15) is 4.79 Å². The van der Waals surface area contributed by atoms with Crippen molar-refractivity contribution in [3.8, 4) is 0 Å². The Labute approximate surface area is 175 Å². The van der Waals surface area contributed by atoms with Gasteiger partial charge in [0.2, 0.25) is 0 Å². The molecule has 0 aliphatic heterocycles. The predicted octanol–water partition coefficient (Wildman–Crippen LogP) is 5.37. The third kappa shape index (κ3) is 5.55. The zero-order valence-electron chi connectivity index (χ0n) is 19.9. The monoisotopic (exact) mass is 432 g/mol. The van der Waals surface area contributed by atoms with E-state index in [1.54, 1.807) is 7.11 Å². The summed E-state index contributed by atoms with van der Waals surface area (Å²) in [5.41, 5.74) is -0.591. The van der Waals surface area contributed by atoms with Gasteiger partial charge in [0.25, 0.3) is 0 Å². The van der Waals surface area contributed by atoms with Crippen LogP contribution in [0.25, 0.3) is 0 Å². The number of aldehydes is 1. The van der Waals surface area contributed by atoms with Crippen LogP contribution in [0.15, 0.2) is 0 Å². The molecule has 5 nitrogen and oxygen atoms in total. The van der Waals surface area contributed by atoms with Crippen molar-refractivity contribution in [2.75, 3.05) is 13.9 Å². The van der Waals surface area contributed by atoms with Crippen molar-refractivity contribution >= 4 is 22.9 Å². The van der Waals surface area contributed by atoms with Gasteiger partial charge < -0.3 is 23.1 Å². The molecule has 0 radical (unpaired) electrons. The Hall–Kier alpha value is -0.0562. The molecule has 1 aliphatic rings. The fourth-order valence-corrected chi connectivity index (χ4v) is 8.19. The smallest absolute Gasteiger partial charge is 0.192 e. The quantitative estimate of drug-likeness (QED) is 0.250. The van der Waals surface area contributed by atoms with Crippen molar-refractivity contribution in [2.45, 2.75) is 109 Å². The van der Waals surface area contributed by atoms with Gasteiger partial charge in [0.15, 0.2) is 16.6 Å². The first-order valence-corrected chi connectivity index (χ1v) is 16.2. The molecular weight excluding hydrogens is 388 g/mol. The van der Waals surface area contributed by atoms with Crippen LogP contribution in [0.3, 0.4) is 0 Å². The van der Waals surface area contributed by atoms with Crippen LogP contribution >= 0.6 is 0 Å². The minimum Gasteiger partial charge on any atom is -0.413 e. The maximum Gasteiger partial charge on any atom is 0.192 e. The lowest BCUT2D eigenvalue weighted by Crippen LogP contribution is -2.51. The Morgan fingerprint density at radius 1 is 1.07 bits per heavy atom. The van der Waals surface area contributed by atoms with Crippen molar-refractivity contribution < 1.29 is 23.1 Å². The van der Waals surface area contributed by atoms with Crippen molar-refractivity contribution in [2.24, 2.45) is 5.92 Å². The fraction of sp³-hybridized carbons (Fsp3) is 0.952. The molecule has 0 aromatic rings. The molecule has 0 amide bonds. The summed E-state index contributed by atoms with van der Waals surface area (Å²) in [6, 6.07) is 3.11. The molecule has 7 heteroatoms. The number of hydrogen-bond acceptors (Lipinski definition) is 5. The SMILES string of the molecule is CC[Si](CC)(CC)O[C@@H]1[C@H](C=O)[C@H](O[Si](C)(C)C(C)(C)C)C[C@@]1(C)OCOC. The number of methoxy groups -OCH3 is 1. The van der Waals surface area contributed by atoms with Gasteiger partial charge in [-0.1, -0.05) is 41.5 Å². The van der Waals surface area contributed by atoms with Crippen molar-refractivity contribution in [1.29, 1.82) is 0 Å². The van der Waals surface area contributed by atoms with Crippen LogP contribution < -0.4 is 0 Å². The number of hydrogen-bond donors (Lipinski definition) is 0. The van der Waals surface area contributed by atoms with Gasteiger partial charge in [-0.3, -0.25) is 0 Å². The highest BCUT2D eigenvalue weighted by Gasteiger charge is 2.57. The summed E-state index contributed by atoms with van der Waals surface area (Å²) < 4.78 is 24.9. The van der Waals surface area contributed by atoms with Crippen molar-refractivity contribution in [3.05, 3.63) is 0 Å². The van der Waals surface area contributed by atoms with Gasteiger partial charge >= 0.3 is 0 Å². The maximum atomic E-state index is 12.3. The van der Waals surface area contributed by atoms with Gasteiger partial charge in [-0.05, 0) is 43.2 Å². The molecule has 1 aliphatic carbocycles. The molecule has 0 heterocycles. The topological polar surface area (TPSA) is 54.0 Å². The Balaban J connectivity index is 3.26. The van der Waals surface area contributed by atoms with E-state index in [0.717, 1.165) is 24.4 Å². The van der Waals surface area contributed by atoms with E-state index in [-0.39, 0.29) is 30.0 Å². The third-order valence-corrected chi connectivity index (χ3v) is 16.3. The van der Waals surface area contributed by atoms with Gasteiger partial charge in [0.05, 0.1) is 23.7 Å². The van der Waals surface area contributed by atoms with E-state index in [2.05, 4.69) is 61.6 Å². The molecular formula is C21H44O5Si2. The Bertz CT molecular complexity index is 493. The molecule has 0 spiro atoms. The molecule has 1 fully saturated rings. The van der Waals surface area contributed by atoms with E-state index < -0.39 is 22.2 Å². The molecule has 0 aromatic heterocycles. The molecule has 0 N–H and O–H groups in total. The Morgan fingerprint density at radius 3 is 2.00 bits per heavy atom. The van der Waals surface area contributed by atoms with Crippen LogP contribution in [0.4, 0.5) is 0 Å². The lowest BCUT2D eigenvalue weighted by atomic mass is 9.99. The van der Waals surface area contributed by atoms with Gasteiger partial charge in [-0.25, -0.2) is 0 Å². The van der Waals surface area contributed by atoms with Crippen LogP contribution in [0.5, 0.6) is 0 Å². The summed E-state index contributed by atoms with van der Waals surface area (Å²) in [6.45, 7) is 20.0. The second-order valence-corrected chi connectivity index (χ2v) is 19.5. The van der Waals surface area contributed by atoms with Crippen LogP contribution in [-0.4, -0.2) is 54.6 Å². The average molecular weight is 433 g/mol. The van der Waals surface area contributed by atoms with Crippen LogP contribution in [0.2, 0.25) is 36.3 Å². The maximum absolute atomic E-state index is 12.3. The van der Waals surface area contributed by atoms with E-state index in [4.69, 9.17) is 18.3 Å². The van der Waals surface area contributed by atoms with Crippen LogP contribution in [0.1, 0.15) is 54.9 Å². The molecule has 4 atom stereocenters. The molecule has 0 aromatic carbocycles. The predicted molar refractivity (Wildman–Crippen MR) is 120 cm³/mol. The number of carbonyl (C=O) groups excluding carboxylic acids is 1. The highest BCUT2D eigenvalue weighted by atomic mass is 28.4. The first-order chi connectivity index (χ1) is 12.8. The van der Waals surface area contributed by atoms with Gasteiger partial charge in [0.1, 0.15) is 13.1 Å². The zero-order valence-corrected chi connectivity index (χ0v) is 21.9. The number of ether oxygens (including phenoxy) is 2. The lowest BCUT2D eigenvalue weighted by molar-refractivity contribution is -0.159. The normalized spacial score (nSPS) is 29.3. The van der Waals surface area contributed by atoms with Crippen molar-refractivity contribution in [3.63, 3.8) is 0 Å². The van der Waals surface area contributed by atoms with Gasteiger partial charge in [0, 0.05) is 13.5 Å². The molecule has 28 heavy (non-hydrogen) atoms. The summed E-state index contributed by atoms with van der Waals surface area (Å²) in [5, 5.41) is 0.0813. The van der Waals surface area contributed by atoms with E-state index in [0.29, 0.717) is 6.42 Å². The summed E-state index contributed by atoms with van der Waals surface area (Å²) in [5.74, 6) is -0.312. The summed E-state index contributed by atoms with van der Waals surface area (Å²) >= 11 is 0. The van der Waals surface area contributed by atoms with E-state index >= 15 is 0 Å². The first kappa shape index (κ1) is 26.0. The highest BCUT2D eigenvalue weighted by Crippen LogP contribution is 2.46. The van der Waals surface area contributed by atoms with E-state index in [1.807, 2.05) is 0 Å². The zero-order chi connectivity index (χ0) is 21.8. The third-order valence-electron chi connectivity index (χ3n) is 7.21. The van der Waals surface area contributed by atoms with Crippen LogP contribution in [-0.2, 0) is 23.1 Å². The number of rotatable bonds is 11. The largest absolute Gasteiger partial charge is 0.413 e. The molecule has 0 bridgehead atoms. The van der Waals surface area contributed by atoms with Crippen molar-refractivity contribution in [1.82, 2.24) is 0 Å². The molecule has 0 saturated heterocycles. The Morgan fingerprint density at radius 2 is 1.61 bits per heavy atom. The minimum absolute atomic E-state index is 0.0813. The first-order valence-electron chi connectivity index (χ1n) is 10.8. The van der Waals surface area contributed by atoms with Gasteiger partial charge in [-0.15, -0.1) is 0 Å².